The minimum Gasteiger partial charge on any atom is -0.491 e. The summed E-state index contributed by atoms with van der Waals surface area (Å²) < 4.78 is 10.3. The van der Waals surface area contributed by atoms with Crippen molar-refractivity contribution in [3.05, 3.63) is 40.8 Å². The second-order valence-corrected chi connectivity index (χ2v) is 3.65. The van der Waals surface area contributed by atoms with Crippen LogP contribution in [0.25, 0.3) is 11.0 Å². The largest absolute Gasteiger partial charge is 0.491 e. The Labute approximate surface area is 97.4 Å². The van der Waals surface area contributed by atoms with E-state index in [0.717, 1.165) is 5.39 Å². The van der Waals surface area contributed by atoms with Crippen LogP contribution in [0.2, 0.25) is 0 Å². The zero-order valence-electron chi connectivity index (χ0n) is 9.13. The highest BCUT2D eigenvalue weighted by atomic mass is 16.5. The third kappa shape index (κ3) is 2.83. The topological polar surface area (TPSA) is 85.7 Å². The number of benzene rings is 1. The standard InChI is InChI=1S/C12H13NO4/c13-6-9(14)7-16-10-3-1-8-2-4-12(15)17-11(8)5-10/h1-5,9,14H,6-7,13H2. The highest BCUT2D eigenvalue weighted by molar-refractivity contribution is 5.77. The number of fused-ring (bicyclic) bond motifs is 1. The van der Waals surface area contributed by atoms with Crippen LogP contribution in [-0.4, -0.2) is 24.4 Å². The molecule has 3 N–H and O–H groups in total. The molecule has 0 spiro atoms. The number of ether oxygens (including phenoxy) is 1. The number of nitrogens with two attached hydrogens (primary N) is 1. The van der Waals surface area contributed by atoms with Gasteiger partial charge in [-0.25, -0.2) is 4.79 Å². The maximum atomic E-state index is 11.0. The minimum atomic E-state index is -0.700. The number of aliphatic hydroxyl groups excluding tert-OH is 1. The van der Waals surface area contributed by atoms with E-state index in [1.807, 2.05) is 0 Å². The summed E-state index contributed by atoms with van der Waals surface area (Å²) in [7, 11) is 0. The molecule has 0 aliphatic carbocycles. The fraction of sp³-hybridized carbons (Fsp3) is 0.250. The number of hydrogen-bond donors (Lipinski definition) is 2. The molecule has 5 heteroatoms. The van der Waals surface area contributed by atoms with Crippen LogP contribution in [0.1, 0.15) is 0 Å². The van der Waals surface area contributed by atoms with Gasteiger partial charge in [0.15, 0.2) is 0 Å². The quantitative estimate of drug-likeness (QED) is 0.753. The first-order valence-corrected chi connectivity index (χ1v) is 5.24. The van der Waals surface area contributed by atoms with E-state index in [1.54, 1.807) is 24.3 Å². The first-order valence-electron chi connectivity index (χ1n) is 5.24. The van der Waals surface area contributed by atoms with Gasteiger partial charge < -0.3 is 20.0 Å². The molecule has 5 nitrogen and oxygen atoms in total. The number of aliphatic hydroxyl groups is 1. The lowest BCUT2D eigenvalue weighted by Crippen LogP contribution is -2.26. The normalized spacial score (nSPS) is 12.6. The van der Waals surface area contributed by atoms with Gasteiger partial charge in [0, 0.05) is 24.1 Å². The number of rotatable bonds is 4. The van der Waals surface area contributed by atoms with Crippen molar-refractivity contribution >= 4 is 11.0 Å². The number of hydrogen-bond acceptors (Lipinski definition) is 5. The zero-order chi connectivity index (χ0) is 12.3. The molecule has 0 aliphatic rings. The Kier molecular flexibility index (Phi) is 3.41. The van der Waals surface area contributed by atoms with Crippen molar-refractivity contribution in [1.29, 1.82) is 0 Å². The van der Waals surface area contributed by atoms with Gasteiger partial charge in [-0.05, 0) is 18.2 Å². The second-order valence-electron chi connectivity index (χ2n) is 3.65. The molecule has 1 heterocycles. The lowest BCUT2D eigenvalue weighted by molar-refractivity contribution is 0.114. The third-order valence-electron chi connectivity index (χ3n) is 2.31. The van der Waals surface area contributed by atoms with Crippen molar-refractivity contribution in [1.82, 2.24) is 0 Å². The van der Waals surface area contributed by atoms with E-state index in [4.69, 9.17) is 14.9 Å². The molecule has 1 unspecified atom stereocenters. The van der Waals surface area contributed by atoms with E-state index in [-0.39, 0.29) is 13.2 Å². The summed E-state index contributed by atoms with van der Waals surface area (Å²) in [4.78, 5) is 11.0. The maximum absolute atomic E-state index is 11.0. The molecule has 90 valence electrons. The van der Waals surface area contributed by atoms with Gasteiger partial charge in [0.25, 0.3) is 0 Å². The predicted octanol–water partition coefficient (Wildman–Crippen LogP) is 0.491. The lowest BCUT2D eigenvalue weighted by Gasteiger charge is -2.10. The molecule has 17 heavy (non-hydrogen) atoms. The van der Waals surface area contributed by atoms with Gasteiger partial charge in [0.05, 0.1) is 0 Å². The Bertz CT molecular complexity index is 564. The van der Waals surface area contributed by atoms with Crippen molar-refractivity contribution in [2.24, 2.45) is 5.73 Å². The van der Waals surface area contributed by atoms with Crippen LogP contribution >= 0.6 is 0 Å². The lowest BCUT2D eigenvalue weighted by atomic mass is 10.2. The molecule has 1 aromatic carbocycles. The third-order valence-corrected chi connectivity index (χ3v) is 2.31. The van der Waals surface area contributed by atoms with Crippen molar-refractivity contribution in [2.45, 2.75) is 6.10 Å². The molecule has 1 atom stereocenters. The molecule has 2 rings (SSSR count). The summed E-state index contributed by atoms with van der Waals surface area (Å²) in [6.07, 6.45) is -0.700. The molecular formula is C12H13NO4. The zero-order valence-corrected chi connectivity index (χ0v) is 9.13. The van der Waals surface area contributed by atoms with Crippen LogP contribution in [0.3, 0.4) is 0 Å². The SMILES string of the molecule is NCC(O)COc1ccc2ccc(=O)oc2c1. The molecule has 0 radical (unpaired) electrons. The smallest absolute Gasteiger partial charge is 0.336 e. The molecule has 0 bridgehead atoms. The first-order chi connectivity index (χ1) is 8.19. The second kappa shape index (κ2) is 4.99. The van der Waals surface area contributed by atoms with Crippen molar-refractivity contribution in [2.75, 3.05) is 13.2 Å². The van der Waals surface area contributed by atoms with Crippen LogP contribution in [-0.2, 0) is 0 Å². The Morgan fingerprint density at radius 3 is 2.88 bits per heavy atom. The molecule has 1 aromatic heterocycles. The van der Waals surface area contributed by atoms with Gasteiger partial charge in [0.1, 0.15) is 24.0 Å². The Hall–Kier alpha value is -1.85. The van der Waals surface area contributed by atoms with Crippen LogP contribution in [0.15, 0.2) is 39.5 Å². The Morgan fingerprint density at radius 1 is 1.35 bits per heavy atom. The summed E-state index contributed by atoms with van der Waals surface area (Å²) >= 11 is 0. The van der Waals surface area contributed by atoms with Crippen molar-refractivity contribution in [3.63, 3.8) is 0 Å². The minimum absolute atomic E-state index is 0.110. The average molecular weight is 235 g/mol. The molecule has 0 saturated heterocycles. The summed E-state index contributed by atoms with van der Waals surface area (Å²) in [6.45, 7) is 0.252. The van der Waals surface area contributed by atoms with Crippen LogP contribution in [0.5, 0.6) is 5.75 Å². The maximum Gasteiger partial charge on any atom is 0.336 e. The molecule has 0 amide bonds. The Balaban J connectivity index is 2.22. The summed E-state index contributed by atoms with van der Waals surface area (Å²) in [5, 5.41) is 10.1. The van der Waals surface area contributed by atoms with Gasteiger partial charge in [-0.2, -0.15) is 0 Å². The fourth-order valence-electron chi connectivity index (χ4n) is 1.39. The van der Waals surface area contributed by atoms with Crippen LogP contribution < -0.4 is 16.1 Å². The van der Waals surface area contributed by atoms with Gasteiger partial charge in [-0.3, -0.25) is 0 Å². The summed E-state index contributed by atoms with van der Waals surface area (Å²) in [5.41, 5.74) is 5.31. The Morgan fingerprint density at radius 2 is 2.12 bits per heavy atom. The van der Waals surface area contributed by atoms with E-state index < -0.39 is 11.7 Å². The molecule has 0 fully saturated rings. The molecule has 0 aliphatic heterocycles. The van der Waals surface area contributed by atoms with Crippen molar-refractivity contribution in [3.8, 4) is 5.75 Å². The van der Waals surface area contributed by atoms with Crippen molar-refractivity contribution < 1.29 is 14.3 Å². The van der Waals surface area contributed by atoms with Gasteiger partial charge >= 0.3 is 5.63 Å². The van der Waals surface area contributed by atoms with Crippen LogP contribution in [0, 0.1) is 0 Å². The summed E-state index contributed by atoms with van der Waals surface area (Å²) in [6, 6.07) is 8.18. The van der Waals surface area contributed by atoms with Crippen LogP contribution in [0.4, 0.5) is 0 Å². The predicted molar refractivity (Wildman–Crippen MR) is 63.0 cm³/mol. The highest BCUT2D eigenvalue weighted by Gasteiger charge is 2.04. The van der Waals surface area contributed by atoms with E-state index >= 15 is 0 Å². The van der Waals surface area contributed by atoms with E-state index in [1.165, 1.54) is 6.07 Å². The molecular weight excluding hydrogens is 222 g/mol. The average Bonchev–Trinajstić information content (AvgIpc) is 2.35. The molecule has 0 saturated carbocycles. The highest BCUT2D eigenvalue weighted by Crippen LogP contribution is 2.19. The fourth-order valence-corrected chi connectivity index (χ4v) is 1.39. The van der Waals surface area contributed by atoms with Gasteiger partial charge in [-0.1, -0.05) is 0 Å². The van der Waals surface area contributed by atoms with E-state index in [0.29, 0.717) is 11.3 Å². The molecule has 2 aromatic rings. The van der Waals surface area contributed by atoms with E-state index in [2.05, 4.69) is 0 Å². The first kappa shape index (κ1) is 11.6. The van der Waals surface area contributed by atoms with Gasteiger partial charge in [-0.15, -0.1) is 0 Å². The van der Waals surface area contributed by atoms with Gasteiger partial charge in [0.2, 0.25) is 0 Å². The summed E-state index contributed by atoms with van der Waals surface area (Å²) in [5.74, 6) is 0.527. The van der Waals surface area contributed by atoms with E-state index in [9.17, 15) is 9.90 Å². The monoisotopic (exact) mass is 235 g/mol.